The Morgan fingerprint density at radius 3 is 2.41 bits per heavy atom. The minimum Gasteiger partial charge on any atom is -0.379 e. The van der Waals surface area contributed by atoms with Gasteiger partial charge in [-0.25, -0.2) is 4.99 Å². The third kappa shape index (κ3) is 8.95. The highest BCUT2D eigenvalue weighted by Gasteiger charge is 2.24. The summed E-state index contributed by atoms with van der Waals surface area (Å²) in [5, 5.41) is 3.51. The maximum absolute atomic E-state index is 11.9. The molecule has 2 heterocycles. The van der Waals surface area contributed by atoms with E-state index in [0.717, 1.165) is 64.9 Å². The summed E-state index contributed by atoms with van der Waals surface area (Å²) in [5.74, 6) is 2.24. The molecule has 27 heavy (non-hydrogen) atoms. The fraction of sp³-hybridized carbons (Fsp3) is 0.895. The Kier molecular flexibility index (Phi) is 11.6. The number of nitrogens with one attached hydrogen (secondary N) is 1. The first kappa shape index (κ1) is 24.4. The number of aliphatic imine (C=N–C) groups is 1. The van der Waals surface area contributed by atoms with Gasteiger partial charge in [-0.05, 0) is 31.2 Å². The van der Waals surface area contributed by atoms with Crippen molar-refractivity contribution in [1.29, 1.82) is 0 Å². The van der Waals surface area contributed by atoms with Gasteiger partial charge in [-0.3, -0.25) is 9.69 Å². The molecule has 2 unspecified atom stereocenters. The lowest BCUT2D eigenvalue weighted by molar-refractivity contribution is -0.127. The number of hydrogen-bond acceptors (Lipinski definition) is 4. The molecular weight excluding hydrogens is 457 g/mol. The number of hydrogen-bond donors (Lipinski definition) is 1. The van der Waals surface area contributed by atoms with Gasteiger partial charge in [0.1, 0.15) is 6.54 Å². The second kappa shape index (κ2) is 12.8. The number of piperidine rings is 1. The molecule has 2 rings (SSSR count). The van der Waals surface area contributed by atoms with E-state index in [4.69, 9.17) is 4.74 Å². The number of morpholine rings is 1. The predicted molar refractivity (Wildman–Crippen MR) is 121 cm³/mol. The van der Waals surface area contributed by atoms with E-state index >= 15 is 0 Å². The van der Waals surface area contributed by atoms with Crippen LogP contribution in [0, 0.1) is 11.8 Å². The van der Waals surface area contributed by atoms with Crippen molar-refractivity contribution in [1.82, 2.24) is 20.0 Å². The molecule has 0 saturated carbocycles. The molecule has 7 nitrogen and oxygen atoms in total. The molecule has 158 valence electrons. The number of ether oxygens (including phenoxy) is 1. The predicted octanol–water partition coefficient (Wildman–Crippen LogP) is 1.34. The van der Waals surface area contributed by atoms with Crippen LogP contribution in [0.1, 0.15) is 26.7 Å². The fourth-order valence-corrected chi connectivity index (χ4v) is 3.72. The molecule has 2 saturated heterocycles. The molecule has 2 aliphatic rings. The van der Waals surface area contributed by atoms with Crippen molar-refractivity contribution >= 4 is 35.8 Å². The summed E-state index contributed by atoms with van der Waals surface area (Å²) in [6.45, 7) is 12.5. The van der Waals surface area contributed by atoms with Crippen LogP contribution in [0.4, 0.5) is 0 Å². The lowest BCUT2D eigenvalue weighted by atomic mass is 9.92. The SMILES string of the molecule is CC1CC(C)CN(C(=NCC(=O)N(C)C)NCCCN2CCOCC2)C1.I. The van der Waals surface area contributed by atoms with E-state index in [9.17, 15) is 4.79 Å². The first-order valence-corrected chi connectivity index (χ1v) is 9.99. The Morgan fingerprint density at radius 1 is 1.19 bits per heavy atom. The maximum Gasteiger partial charge on any atom is 0.243 e. The van der Waals surface area contributed by atoms with Crippen molar-refractivity contribution < 1.29 is 9.53 Å². The highest BCUT2D eigenvalue weighted by molar-refractivity contribution is 14.0. The van der Waals surface area contributed by atoms with Crippen LogP contribution in [-0.4, -0.2) is 99.7 Å². The second-order valence-electron chi connectivity index (χ2n) is 8.01. The molecule has 0 aromatic rings. The lowest BCUT2D eigenvalue weighted by Gasteiger charge is -2.37. The fourth-order valence-electron chi connectivity index (χ4n) is 3.72. The van der Waals surface area contributed by atoms with Gasteiger partial charge >= 0.3 is 0 Å². The molecule has 0 radical (unpaired) electrons. The van der Waals surface area contributed by atoms with Crippen LogP contribution in [0.5, 0.6) is 0 Å². The zero-order valence-electron chi connectivity index (χ0n) is 17.4. The van der Waals surface area contributed by atoms with E-state index in [-0.39, 0.29) is 36.4 Å². The average Bonchev–Trinajstić information content (AvgIpc) is 2.60. The van der Waals surface area contributed by atoms with Gasteiger partial charge in [-0.2, -0.15) is 0 Å². The van der Waals surface area contributed by atoms with E-state index in [1.165, 1.54) is 6.42 Å². The van der Waals surface area contributed by atoms with Gasteiger partial charge in [0.05, 0.1) is 13.2 Å². The molecule has 0 aromatic heterocycles. The van der Waals surface area contributed by atoms with E-state index in [2.05, 4.69) is 34.0 Å². The quantitative estimate of drug-likeness (QED) is 0.261. The van der Waals surface area contributed by atoms with Crippen molar-refractivity contribution in [2.75, 3.05) is 73.1 Å². The van der Waals surface area contributed by atoms with Crippen LogP contribution in [0.2, 0.25) is 0 Å². The molecule has 8 heteroatoms. The molecule has 2 aliphatic heterocycles. The number of likely N-dealkylation sites (N-methyl/N-ethyl adjacent to an activating group) is 1. The monoisotopic (exact) mass is 495 g/mol. The normalized spacial score (nSPS) is 24.3. The standard InChI is InChI=1S/C19H37N5O2.HI/c1-16-12-17(2)15-24(14-16)19(21-13-18(25)22(3)4)20-6-5-7-23-8-10-26-11-9-23;/h16-17H,5-15H2,1-4H3,(H,20,21);1H. The third-order valence-electron chi connectivity index (χ3n) is 5.07. The number of carbonyl (C=O) groups excluding carboxylic acids is 1. The van der Waals surface area contributed by atoms with Crippen LogP contribution in [0.25, 0.3) is 0 Å². The number of rotatable bonds is 6. The first-order chi connectivity index (χ1) is 12.5. The minimum atomic E-state index is 0. The molecular formula is C19H38IN5O2. The second-order valence-corrected chi connectivity index (χ2v) is 8.01. The van der Waals surface area contributed by atoms with E-state index in [1.54, 1.807) is 19.0 Å². The highest BCUT2D eigenvalue weighted by atomic mass is 127. The van der Waals surface area contributed by atoms with Gasteiger partial charge in [-0.15, -0.1) is 24.0 Å². The van der Waals surface area contributed by atoms with E-state index in [0.29, 0.717) is 11.8 Å². The summed E-state index contributed by atoms with van der Waals surface area (Å²) >= 11 is 0. The van der Waals surface area contributed by atoms with Crippen molar-refractivity contribution in [3.05, 3.63) is 0 Å². The number of halogens is 1. The summed E-state index contributed by atoms with van der Waals surface area (Å²) in [7, 11) is 3.55. The minimum absolute atomic E-state index is 0. The van der Waals surface area contributed by atoms with E-state index < -0.39 is 0 Å². The third-order valence-corrected chi connectivity index (χ3v) is 5.07. The molecule has 0 bridgehead atoms. The summed E-state index contributed by atoms with van der Waals surface area (Å²) in [5.41, 5.74) is 0. The Morgan fingerprint density at radius 2 is 1.81 bits per heavy atom. The molecule has 0 spiro atoms. The number of carbonyl (C=O) groups is 1. The van der Waals surface area contributed by atoms with E-state index in [1.807, 2.05) is 0 Å². The Labute approximate surface area is 181 Å². The highest BCUT2D eigenvalue weighted by Crippen LogP contribution is 2.20. The van der Waals surface area contributed by atoms with Crippen molar-refractivity contribution in [2.45, 2.75) is 26.7 Å². The van der Waals surface area contributed by atoms with Crippen molar-refractivity contribution in [3.63, 3.8) is 0 Å². The summed E-state index contributed by atoms with van der Waals surface area (Å²) in [4.78, 5) is 23.0. The van der Waals surface area contributed by atoms with Gasteiger partial charge in [-0.1, -0.05) is 13.8 Å². The first-order valence-electron chi connectivity index (χ1n) is 9.99. The molecule has 2 fully saturated rings. The van der Waals surface area contributed by atoms with Crippen LogP contribution in [0.3, 0.4) is 0 Å². The maximum atomic E-state index is 11.9. The van der Waals surface area contributed by atoms with Crippen LogP contribution in [-0.2, 0) is 9.53 Å². The molecule has 1 N–H and O–H groups in total. The van der Waals surface area contributed by atoms with Crippen LogP contribution in [0.15, 0.2) is 4.99 Å². The Hall–Kier alpha value is -0.610. The van der Waals surface area contributed by atoms with Gasteiger partial charge in [0.15, 0.2) is 5.96 Å². The summed E-state index contributed by atoms with van der Waals surface area (Å²) in [6.07, 6.45) is 2.33. The largest absolute Gasteiger partial charge is 0.379 e. The van der Waals surface area contributed by atoms with Crippen molar-refractivity contribution in [3.8, 4) is 0 Å². The van der Waals surface area contributed by atoms with Gasteiger partial charge in [0, 0.05) is 46.8 Å². The Balaban J connectivity index is 0.00000364. The van der Waals surface area contributed by atoms with Gasteiger partial charge in [0.25, 0.3) is 0 Å². The average molecular weight is 495 g/mol. The van der Waals surface area contributed by atoms with Gasteiger partial charge < -0.3 is 19.9 Å². The lowest BCUT2D eigenvalue weighted by Crippen LogP contribution is -2.49. The Bertz CT molecular complexity index is 459. The number of likely N-dealkylation sites (tertiary alicyclic amines) is 1. The number of amides is 1. The number of guanidine groups is 1. The summed E-state index contributed by atoms with van der Waals surface area (Å²) < 4.78 is 5.40. The molecule has 1 amide bonds. The number of nitrogens with zero attached hydrogens (tertiary/aromatic N) is 4. The van der Waals surface area contributed by atoms with Crippen LogP contribution < -0.4 is 5.32 Å². The zero-order valence-corrected chi connectivity index (χ0v) is 19.8. The smallest absolute Gasteiger partial charge is 0.243 e. The topological polar surface area (TPSA) is 60.4 Å². The van der Waals surface area contributed by atoms with Gasteiger partial charge in [0.2, 0.25) is 5.91 Å². The molecule has 0 aliphatic carbocycles. The van der Waals surface area contributed by atoms with Crippen molar-refractivity contribution in [2.24, 2.45) is 16.8 Å². The zero-order chi connectivity index (χ0) is 18.9. The molecule has 2 atom stereocenters. The summed E-state index contributed by atoms with van der Waals surface area (Å²) in [6, 6.07) is 0. The van der Waals surface area contributed by atoms with Crippen LogP contribution >= 0.6 is 24.0 Å². The molecule has 0 aromatic carbocycles.